The summed E-state index contributed by atoms with van der Waals surface area (Å²) in [6.07, 6.45) is 1.72. The van der Waals surface area contributed by atoms with E-state index in [-0.39, 0.29) is 30.1 Å². The molecule has 1 amide bonds. The second kappa shape index (κ2) is 5.87. The van der Waals surface area contributed by atoms with Gasteiger partial charge in [0, 0.05) is 11.3 Å². The second-order valence-electron chi connectivity index (χ2n) is 5.38. The van der Waals surface area contributed by atoms with Gasteiger partial charge in [-0.2, -0.15) is 0 Å². The van der Waals surface area contributed by atoms with Gasteiger partial charge in [-0.1, -0.05) is 0 Å². The standard InChI is InChI=1S/C13H17N5O4S/c14-8-1-2-16(17(8)3-4-19)5-7-6-23-12-9(15)11(20)18(12)10(7)13(21)22/h1-2,9,12,14,19H,3-6,15H2,(H,21,22)/p+1/t9-,12-/m0/s1. The van der Waals surface area contributed by atoms with E-state index in [0.717, 1.165) is 0 Å². The topological polar surface area (TPSA) is 139 Å². The molecule has 2 atom stereocenters. The molecule has 0 bridgehead atoms. The lowest BCUT2D eigenvalue weighted by Crippen LogP contribution is -2.68. The molecule has 0 aliphatic carbocycles. The predicted molar refractivity (Wildman–Crippen MR) is 81.9 cm³/mol. The number of β-lactam (4-membered cyclic amide) rings is 1. The number of carbonyl (C=O) groups is 2. The fraction of sp³-hybridized carbons (Fsp3) is 0.462. The van der Waals surface area contributed by atoms with Crippen LogP contribution in [-0.4, -0.2) is 55.4 Å². The van der Waals surface area contributed by atoms with Gasteiger partial charge < -0.3 is 21.7 Å². The highest BCUT2D eigenvalue weighted by atomic mass is 32.2. The van der Waals surface area contributed by atoms with Crippen LogP contribution in [0.1, 0.15) is 0 Å². The van der Waals surface area contributed by atoms with E-state index in [0.29, 0.717) is 23.7 Å². The number of hydrogen-bond acceptors (Lipinski definition) is 6. The summed E-state index contributed by atoms with van der Waals surface area (Å²) < 4.78 is 3.39. The van der Waals surface area contributed by atoms with Crippen molar-refractivity contribution < 1.29 is 24.5 Å². The molecule has 23 heavy (non-hydrogen) atoms. The minimum atomic E-state index is -1.14. The summed E-state index contributed by atoms with van der Waals surface area (Å²) in [6.45, 7) is 0.495. The Hall–Kier alpha value is -2.04. The van der Waals surface area contributed by atoms with Crippen LogP contribution >= 0.6 is 11.8 Å². The van der Waals surface area contributed by atoms with Crippen LogP contribution in [0.4, 0.5) is 5.82 Å². The van der Waals surface area contributed by atoms with Gasteiger partial charge in [-0.05, 0) is 0 Å². The third-order valence-electron chi connectivity index (χ3n) is 3.98. The van der Waals surface area contributed by atoms with Crippen molar-refractivity contribution in [2.45, 2.75) is 24.5 Å². The third kappa shape index (κ3) is 2.48. The average molecular weight is 340 g/mol. The molecule has 10 heteroatoms. The maximum atomic E-state index is 11.9. The zero-order valence-electron chi connectivity index (χ0n) is 12.3. The van der Waals surface area contributed by atoms with E-state index in [1.165, 1.54) is 16.7 Å². The molecule has 6 N–H and O–H groups in total. The molecule has 2 aliphatic rings. The number of amides is 1. The summed E-state index contributed by atoms with van der Waals surface area (Å²) in [5.41, 5.74) is 12.2. The number of fused-ring (bicyclic) bond motifs is 1. The molecule has 0 unspecified atom stereocenters. The molecule has 1 fully saturated rings. The Morgan fingerprint density at radius 3 is 2.91 bits per heavy atom. The molecular formula is C13H18N5O4S+. The number of hydrogen-bond donors (Lipinski definition) is 4. The van der Waals surface area contributed by atoms with E-state index in [4.69, 9.17) is 16.6 Å². The predicted octanol–water partition coefficient (Wildman–Crippen LogP) is -2.07. The number of thioether (sulfide) groups is 1. The van der Waals surface area contributed by atoms with Crippen LogP contribution in [0.15, 0.2) is 23.5 Å². The number of aromatic nitrogens is 2. The molecule has 2 aliphatic heterocycles. The lowest BCUT2D eigenvalue weighted by molar-refractivity contribution is -0.767. The Labute approximate surface area is 136 Å². The van der Waals surface area contributed by atoms with E-state index in [2.05, 4.69) is 0 Å². The molecule has 1 aromatic heterocycles. The quantitative estimate of drug-likeness (QED) is 0.357. The number of rotatable bonds is 5. The van der Waals surface area contributed by atoms with Crippen LogP contribution in [-0.2, 0) is 22.7 Å². The molecule has 1 saturated heterocycles. The first-order chi connectivity index (χ1) is 11.0. The van der Waals surface area contributed by atoms with Gasteiger partial charge >= 0.3 is 5.97 Å². The number of anilines is 1. The van der Waals surface area contributed by atoms with Gasteiger partial charge in [0.05, 0.1) is 12.7 Å². The lowest BCUT2D eigenvalue weighted by Gasteiger charge is -2.47. The summed E-state index contributed by atoms with van der Waals surface area (Å²) in [5.74, 6) is -0.562. The number of carbonyl (C=O) groups excluding carboxylic acids is 1. The first-order valence-electron chi connectivity index (χ1n) is 7.07. The number of nitrogens with two attached hydrogens (primary N) is 2. The van der Waals surface area contributed by atoms with Crippen molar-refractivity contribution in [2.24, 2.45) is 5.73 Å². The van der Waals surface area contributed by atoms with Crippen LogP contribution in [0, 0.1) is 0 Å². The number of aliphatic hydroxyl groups excluding tert-OH is 1. The van der Waals surface area contributed by atoms with Crippen LogP contribution in [0.5, 0.6) is 0 Å². The summed E-state index contributed by atoms with van der Waals surface area (Å²) in [6, 6.07) is 1.04. The van der Waals surface area contributed by atoms with Crippen molar-refractivity contribution in [1.29, 1.82) is 0 Å². The van der Waals surface area contributed by atoms with Crippen molar-refractivity contribution in [2.75, 3.05) is 18.1 Å². The fourth-order valence-corrected chi connectivity index (χ4v) is 4.15. The average Bonchev–Trinajstić information content (AvgIpc) is 2.87. The Bertz CT molecular complexity index is 701. The van der Waals surface area contributed by atoms with Crippen LogP contribution in [0.2, 0.25) is 0 Å². The monoisotopic (exact) mass is 340 g/mol. The zero-order chi connectivity index (χ0) is 16.7. The maximum absolute atomic E-state index is 11.9. The zero-order valence-corrected chi connectivity index (χ0v) is 13.1. The van der Waals surface area contributed by atoms with Gasteiger partial charge in [-0.3, -0.25) is 9.69 Å². The molecular weight excluding hydrogens is 322 g/mol. The van der Waals surface area contributed by atoms with E-state index in [1.54, 1.807) is 21.6 Å². The number of carboxylic acid groups (broad SMARTS) is 1. The van der Waals surface area contributed by atoms with Crippen molar-refractivity contribution in [3.8, 4) is 0 Å². The smallest absolute Gasteiger partial charge is 0.352 e. The molecule has 0 aromatic carbocycles. The summed E-state index contributed by atoms with van der Waals surface area (Å²) in [4.78, 5) is 24.8. The van der Waals surface area contributed by atoms with Gasteiger partial charge in [0.1, 0.15) is 23.7 Å². The Kier molecular flexibility index (Phi) is 4.04. The molecule has 124 valence electrons. The van der Waals surface area contributed by atoms with Crippen molar-refractivity contribution in [1.82, 2.24) is 9.58 Å². The number of aliphatic carboxylic acids is 1. The molecule has 9 nitrogen and oxygen atoms in total. The molecule has 0 radical (unpaired) electrons. The maximum Gasteiger partial charge on any atom is 0.352 e. The van der Waals surface area contributed by atoms with Gasteiger partial charge in [-0.25, -0.2) is 4.79 Å². The highest BCUT2D eigenvalue weighted by Gasteiger charge is 2.52. The minimum Gasteiger partial charge on any atom is -0.477 e. The van der Waals surface area contributed by atoms with Gasteiger partial charge in [0.2, 0.25) is 5.91 Å². The second-order valence-corrected chi connectivity index (χ2v) is 6.48. The number of nitrogen functional groups attached to an aromatic ring is 1. The summed E-state index contributed by atoms with van der Waals surface area (Å²) in [5, 5.41) is 18.3. The van der Waals surface area contributed by atoms with Gasteiger partial charge in [0.25, 0.3) is 0 Å². The van der Waals surface area contributed by atoms with Crippen LogP contribution in [0.25, 0.3) is 0 Å². The molecule has 0 saturated carbocycles. The van der Waals surface area contributed by atoms with Crippen LogP contribution < -0.4 is 16.1 Å². The number of nitrogens with zero attached hydrogens (tertiary/aromatic N) is 3. The number of carboxylic acids is 1. The van der Waals surface area contributed by atoms with E-state index in [1.807, 2.05) is 0 Å². The van der Waals surface area contributed by atoms with Crippen molar-refractivity contribution in [3.63, 3.8) is 0 Å². The highest BCUT2D eigenvalue weighted by molar-refractivity contribution is 8.00. The minimum absolute atomic E-state index is 0.00303. The normalized spacial score (nSPS) is 23.7. The highest BCUT2D eigenvalue weighted by Crippen LogP contribution is 2.39. The van der Waals surface area contributed by atoms with E-state index < -0.39 is 12.0 Å². The summed E-state index contributed by atoms with van der Waals surface area (Å²) >= 11 is 1.46. The number of aliphatic hydroxyl groups is 1. The fourth-order valence-electron chi connectivity index (χ4n) is 2.86. The lowest BCUT2D eigenvalue weighted by atomic mass is 10.0. The molecule has 3 heterocycles. The van der Waals surface area contributed by atoms with Crippen molar-refractivity contribution in [3.05, 3.63) is 23.5 Å². The Balaban J connectivity index is 1.94. The Morgan fingerprint density at radius 2 is 2.26 bits per heavy atom. The third-order valence-corrected chi connectivity index (χ3v) is 5.34. The van der Waals surface area contributed by atoms with E-state index in [9.17, 15) is 14.7 Å². The van der Waals surface area contributed by atoms with Crippen LogP contribution in [0.3, 0.4) is 0 Å². The summed E-state index contributed by atoms with van der Waals surface area (Å²) in [7, 11) is 0. The van der Waals surface area contributed by atoms with Gasteiger partial charge in [-0.15, -0.1) is 21.1 Å². The Morgan fingerprint density at radius 1 is 1.52 bits per heavy atom. The molecule has 3 rings (SSSR count). The van der Waals surface area contributed by atoms with Crippen molar-refractivity contribution >= 4 is 29.5 Å². The molecule has 0 spiro atoms. The van der Waals surface area contributed by atoms with E-state index >= 15 is 0 Å². The molecule has 1 aromatic rings. The SMILES string of the molecule is Nc1cc[n+](CC2=C(C(=O)O)N3C(=O)[C@H](N)[C@@H]3SC2)n1CCO. The first kappa shape index (κ1) is 15.8. The first-order valence-corrected chi connectivity index (χ1v) is 8.11. The van der Waals surface area contributed by atoms with Gasteiger partial charge in [0.15, 0.2) is 18.6 Å². The largest absolute Gasteiger partial charge is 0.477 e.